The fraction of sp³-hybridized carbons (Fsp3) is 0.935. The van der Waals surface area contributed by atoms with E-state index in [1.807, 2.05) is 0 Å². The molecule has 2 spiro atoms. The molecule has 0 radical (unpaired) electrons. The van der Waals surface area contributed by atoms with Gasteiger partial charge in [-0.25, -0.2) is 0 Å². The summed E-state index contributed by atoms with van der Waals surface area (Å²) in [5, 5.41) is 11.5. The Hall–Kier alpha value is -0.940. The first kappa shape index (κ1) is 25.3. The number of aliphatic hydroxyl groups is 1. The summed E-state index contributed by atoms with van der Waals surface area (Å²) < 4.78 is 6.39. The smallest absolute Gasteiger partial charge is 0.186 e. The highest BCUT2D eigenvalue weighted by molar-refractivity contribution is 5.92. The van der Waals surface area contributed by atoms with Crippen LogP contribution in [-0.2, 0) is 9.53 Å². The largest absolute Gasteiger partial charge is 0.480 e. The highest BCUT2D eigenvalue weighted by Crippen LogP contribution is 2.88. The minimum absolute atomic E-state index is 0.00638. The van der Waals surface area contributed by atoms with Gasteiger partial charge in [0.2, 0.25) is 0 Å². The molecule has 12 atom stereocenters. The maximum Gasteiger partial charge on any atom is 0.186 e. The Morgan fingerprint density at radius 3 is 2.47 bits per heavy atom. The Labute approximate surface area is 218 Å². The summed E-state index contributed by atoms with van der Waals surface area (Å²) in [6.45, 7) is 14.7. The zero-order valence-electron chi connectivity index (χ0n) is 24.1. The van der Waals surface area contributed by atoms with Crippen molar-refractivity contribution in [2.24, 2.45) is 55.7 Å². The van der Waals surface area contributed by atoms with E-state index >= 15 is 0 Å². The molecule has 3 unspecified atom stereocenters. The van der Waals surface area contributed by atoms with Gasteiger partial charge in [-0.05, 0) is 94.0 Å². The van der Waals surface area contributed by atoms with E-state index in [1.54, 1.807) is 0 Å². The van der Waals surface area contributed by atoms with Gasteiger partial charge in [0.1, 0.15) is 5.78 Å². The number of carbonyl (C=O) groups is 1. The standard InChI is InChI=1S/C31H50N2O3/c1-9-18(2)26-32-23-12-13-30-16-31(30)22(11-10-21(30)27(23,4)17-36-26)28(5)14-20(34)25(19(3)33(7)8)29(28,6)15-24(31)35/h18-23,25,34H,9-17H2,1-8H3/t18?,19-,20+,21-,22-,23-,25-,27-,28-,29+,30?,31?/m0/s1. The predicted molar refractivity (Wildman–Crippen MR) is 143 cm³/mol. The molecule has 0 aromatic carbocycles. The molecule has 0 aromatic rings. The van der Waals surface area contributed by atoms with E-state index in [9.17, 15) is 9.90 Å². The average Bonchev–Trinajstić information content (AvgIpc) is 3.46. The van der Waals surface area contributed by atoms with Crippen molar-refractivity contribution in [2.45, 2.75) is 111 Å². The van der Waals surface area contributed by atoms with E-state index in [0.717, 1.165) is 51.0 Å². The van der Waals surface area contributed by atoms with Crippen molar-refractivity contribution in [3.05, 3.63) is 0 Å². The molecule has 5 nitrogen and oxygen atoms in total. The Kier molecular flexibility index (Phi) is 5.34. The summed E-state index contributed by atoms with van der Waals surface area (Å²) in [6, 6.07) is 0.586. The van der Waals surface area contributed by atoms with Crippen LogP contribution in [-0.4, -0.2) is 60.6 Å². The number of fused-ring (bicyclic) bond motifs is 4. The molecule has 0 amide bonds. The molecule has 5 saturated carbocycles. The second kappa shape index (κ2) is 7.58. The highest BCUT2D eigenvalue weighted by Gasteiger charge is 2.86. The van der Waals surface area contributed by atoms with Gasteiger partial charge < -0.3 is 14.7 Å². The van der Waals surface area contributed by atoms with Crippen LogP contribution in [0.2, 0.25) is 0 Å². The number of hydrogen-bond acceptors (Lipinski definition) is 5. The van der Waals surface area contributed by atoms with Gasteiger partial charge in [0.25, 0.3) is 0 Å². The van der Waals surface area contributed by atoms with E-state index in [-0.39, 0.29) is 45.1 Å². The topological polar surface area (TPSA) is 62.1 Å². The minimum atomic E-state index is -0.332. The molecule has 5 fully saturated rings. The molecule has 0 bridgehead atoms. The number of hydrogen-bond donors (Lipinski definition) is 1. The van der Waals surface area contributed by atoms with Crippen LogP contribution in [0.1, 0.15) is 92.9 Å². The van der Waals surface area contributed by atoms with E-state index in [2.05, 4.69) is 60.5 Å². The van der Waals surface area contributed by atoms with Crippen LogP contribution < -0.4 is 0 Å². The summed E-state index contributed by atoms with van der Waals surface area (Å²) in [6.07, 6.45) is 7.82. The Morgan fingerprint density at radius 1 is 1.11 bits per heavy atom. The van der Waals surface area contributed by atoms with Crippen LogP contribution in [0.4, 0.5) is 0 Å². The summed E-state index contributed by atoms with van der Waals surface area (Å²) in [5.41, 5.74) is -0.153. The van der Waals surface area contributed by atoms with Crippen molar-refractivity contribution < 1.29 is 14.6 Å². The van der Waals surface area contributed by atoms with Crippen molar-refractivity contribution in [3.8, 4) is 0 Å². The van der Waals surface area contributed by atoms with Crippen molar-refractivity contribution in [2.75, 3.05) is 20.7 Å². The summed E-state index contributed by atoms with van der Waals surface area (Å²) in [5.74, 6) is 2.93. The lowest BCUT2D eigenvalue weighted by atomic mass is 9.41. The molecule has 1 aliphatic heterocycles. The zero-order valence-corrected chi connectivity index (χ0v) is 24.1. The van der Waals surface area contributed by atoms with Gasteiger partial charge in [-0.15, -0.1) is 0 Å². The predicted octanol–water partition coefficient (Wildman–Crippen LogP) is 5.35. The van der Waals surface area contributed by atoms with Crippen LogP contribution in [0.15, 0.2) is 4.99 Å². The number of rotatable bonds is 4. The van der Waals surface area contributed by atoms with Crippen molar-refractivity contribution in [1.82, 2.24) is 4.90 Å². The molecule has 6 aliphatic rings. The zero-order chi connectivity index (χ0) is 26.1. The average molecular weight is 499 g/mol. The molecule has 0 saturated heterocycles. The lowest BCUT2D eigenvalue weighted by molar-refractivity contribution is -0.172. The molecule has 1 heterocycles. The van der Waals surface area contributed by atoms with E-state index < -0.39 is 0 Å². The van der Waals surface area contributed by atoms with E-state index in [1.165, 1.54) is 6.42 Å². The summed E-state index contributed by atoms with van der Waals surface area (Å²) >= 11 is 0. The van der Waals surface area contributed by atoms with Crippen LogP contribution in [0.25, 0.3) is 0 Å². The van der Waals surface area contributed by atoms with Gasteiger partial charge in [-0.1, -0.05) is 34.6 Å². The molecular weight excluding hydrogens is 448 g/mol. The van der Waals surface area contributed by atoms with Crippen LogP contribution in [0, 0.1) is 50.7 Å². The molecule has 1 N–H and O–H groups in total. The lowest BCUT2D eigenvalue weighted by Crippen LogP contribution is -2.62. The van der Waals surface area contributed by atoms with Gasteiger partial charge in [0, 0.05) is 35.1 Å². The fourth-order valence-electron chi connectivity index (χ4n) is 11.4. The van der Waals surface area contributed by atoms with Crippen molar-refractivity contribution >= 4 is 11.7 Å². The molecular formula is C31H50N2O3. The first-order valence-electron chi connectivity index (χ1n) is 14.9. The molecule has 0 aromatic heterocycles. The lowest BCUT2D eigenvalue weighted by Gasteiger charge is -2.63. The third kappa shape index (κ3) is 2.71. The highest BCUT2D eigenvalue weighted by atomic mass is 16.5. The summed E-state index contributed by atoms with van der Waals surface area (Å²) in [4.78, 5) is 21.9. The number of ketones is 1. The first-order chi connectivity index (χ1) is 16.8. The van der Waals surface area contributed by atoms with E-state index in [4.69, 9.17) is 9.73 Å². The Morgan fingerprint density at radius 2 is 1.81 bits per heavy atom. The van der Waals surface area contributed by atoms with Crippen LogP contribution >= 0.6 is 0 Å². The second-order valence-corrected chi connectivity index (χ2v) is 15.0. The Bertz CT molecular complexity index is 994. The number of ether oxygens (including phenoxy) is 1. The normalized spacial score (nSPS) is 54.8. The maximum atomic E-state index is 14.5. The van der Waals surface area contributed by atoms with E-state index in [0.29, 0.717) is 36.0 Å². The molecule has 202 valence electrons. The number of nitrogens with zero attached hydrogens (tertiary/aromatic N) is 2. The van der Waals surface area contributed by atoms with Crippen molar-refractivity contribution in [3.63, 3.8) is 0 Å². The van der Waals surface area contributed by atoms with Gasteiger partial charge in [0.05, 0.1) is 18.8 Å². The van der Waals surface area contributed by atoms with Crippen LogP contribution in [0.5, 0.6) is 0 Å². The second-order valence-electron chi connectivity index (χ2n) is 15.0. The fourth-order valence-corrected chi connectivity index (χ4v) is 11.4. The van der Waals surface area contributed by atoms with Gasteiger partial charge in [-0.3, -0.25) is 9.79 Å². The number of Topliss-reactive ketones (excluding diaryl/α,β-unsaturated/α-hetero) is 1. The van der Waals surface area contributed by atoms with Crippen LogP contribution in [0.3, 0.4) is 0 Å². The number of aliphatic imine (C=N–C) groups is 1. The van der Waals surface area contributed by atoms with Gasteiger partial charge >= 0.3 is 0 Å². The first-order valence-corrected chi connectivity index (χ1v) is 14.9. The van der Waals surface area contributed by atoms with Gasteiger partial charge in [0.15, 0.2) is 5.90 Å². The summed E-state index contributed by atoms with van der Waals surface area (Å²) in [7, 11) is 4.23. The third-order valence-corrected chi connectivity index (χ3v) is 13.8. The number of aliphatic hydroxyl groups excluding tert-OH is 1. The molecule has 5 aliphatic carbocycles. The third-order valence-electron chi connectivity index (χ3n) is 13.8. The SMILES string of the molecule is CCC(C)C1=N[C@H]2CCC34CC35C(=O)C[C@]3(C)[C@@H]([C@H](C)N(C)C)[C@H](O)C[C@@]3(C)[C@@H]5CC[C@H]4[C@]2(C)CO1. The molecule has 6 rings (SSSR count). The Balaban J connectivity index is 1.36. The molecule has 36 heavy (non-hydrogen) atoms. The quantitative estimate of drug-likeness (QED) is 0.568. The van der Waals surface area contributed by atoms with Crippen molar-refractivity contribution in [1.29, 1.82) is 0 Å². The number of carbonyl (C=O) groups excluding carboxylic acids is 1. The molecule has 5 heteroatoms. The minimum Gasteiger partial charge on any atom is -0.480 e. The monoisotopic (exact) mass is 498 g/mol. The van der Waals surface area contributed by atoms with Gasteiger partial charge in [-0.2, -0.15) is 0 Å². The maximum absolute atomic E-state index is 14.5.